The molecule has 0 aliphatic heterocycles. The molecule has 1 aromatic rings. The summed E-state index contributed by atoms with van der Waals surface area (Å²) in [4.78, 5) is 11.6. The average molecular weight is 320 g/mol. The highest BCUT2D eigenvalue weighted by Crippen LogP contribution is 2.47. The second kappa shape index (κ2) is 7.64. The summed E-state index contributed by atoms with van der Waals surface area (Å²) in [6.07, 6.45) is 10.2. The van der Waals surface area contributed by atoms with Crippen LogP contribution < -0.4 is 5.82 Å². The third-order valence-corrected chi connectivity index (χ3v) is 4.59. The molecule has 4 heteroatoms. The van der Waals surface area contributed by atoms with Gasteiger partial charge in [-0.25, -0.2) is 4.79 Å². The molecule has 0 spiro atoms. The maximum atomic E-state index is 11.6. The van der Waals surface area contributed by atoms with Gasteiger partial charge in [0.25, 0.3) is 0 Å². The van der Waals surface area contributed by atoms with Gasteiger partial charge >= 0.3 is 5.82 Å². The molecule has 1 aromatic heterocycles. The van der Waals surface area contributed by atoms with Gasteiger partial charge in [0, 0.05) is 17.9 Å². The quantitative estimate of drug-likeness (QED) is 0.680. The molecule has 0 saturated carbocycles. The summed E-state index contributed by atoms with van der Waals surface area (Å²) in [5, 5.41) is 0. The van der Waals surface area contributed by atoms with Crippen LogP contribution >= 0.6 is 0 Å². The van der Waals surface area contributed by atoms with Gasteiger partial charge in [-0.15, -0.1) is 0 Å². The number of allylic oxidation sites excluding steroid dienone is 6. The second-order valence-electron chi connectivity index (χ2n) is 6.54. The van der Waals surface area contributed by atoms with Crippen LogP contribution in [0.5, 0.6) is 0 Å². The zero-order valence-electron chi connectivity index (χ0n) is 15.2. The van der Waals surface area contributed by atoms with Gasteiger partial charge in [-0.05, 0) is 19.4 Å². The van der Waals surface area contributed by atoms with Gasteiger partial charge < -0.3 is 13.6 Å². The fraction of sp³-hybridized carbons (Fsp3) is 0.526. The van der Waals surface area contributed by atoms with Crippen molar-refractivity contribution < 1.29 is 13.6 Å². The van der Waals surface area contributed by atoms with E-state index in [0.29, 0.717) is 11.5 Å². The molecule has 0 fully saturated rings. The summed E-state index contributed by atoms with van der Waals surface area (Å²) < 4.78 is 15.7. The van der Waals surface area contributed by atoms with Crippen LogP contribution in [0.2, 0.25) is 0 Å². The molecule has 1 rings (SSSR count). The normalized spacial score (nSPS) is 14.3. The van der Waals surface area contributed by atoms with E-state index in [0.717, 1.165) is 5.57 Å². The molecule has 0 unspecified atom stereocenters. The maximum Gasteiger partial charge on any atom is 0.519 e. The highest BCUT2D eigenvalue weighted by molar-refractivity contribution is 5.36. The van der Waals surface area contributed by atoms with Gasteiger partial charge in [-0.2, -0.15) is 0 Å². The summed E-state index contributed by atoms with van der Waals surface area (Å²) in [7, 11) is 1.56. The van der Waals surface area contributed by atoms with Crippen LogP contribution in [-0.4, -0.2) is 7.11 Å². The van der Waals surface area contributed by atoms with Crippen LogP contribution in [0.1, 0.15) is 53.1 Å². The van der Waals surface area contributed by atoms with Crippen LogP contribution in [0.25, 0.3) is 0 Å². The second-order valence-corrected chi connectivity index (χ2v) is 6.54. The molecule has 0 saturated heterocycles. The number of rotatable bonds is 7. The van der Waals surface area contributed by atoms with E-state index in [1.54, 1.807) is 7.11 Å². The molecule has 1 heterocycles. The Hall–Kier alpha value is -1.81. The number of hydrogen-bond acceptors (Lipinski definition) is 4. The van der Waals surface area contributed by atoms with Crippen molar-refractivity contribution in [2.75, 3.05) is 7.11 Å². The van der Waals surface area contributed by atoms with Crippen LogP contribution in [0, 0.1) is 5.41 Å². The van der Waals surface area contributed by atoms with E-state index >= 15 is 0 Å². The Kier molecular flexibility index (Phi) is 6.39. The SMILES string of the molecule is C\C=C/C=C(\C=C/C)C(C)(C)C(C)(C)c1oc(=O)oc1COC. The smallest absolute Gasteiger partial charge is 0.395 e. The lowest BCUT2D eigenvalue weighted by molar-refractivity contribution is 0.155. The standard InChI is InChI=1S/C19H28O4/c1-8-10-12-14(11-9-2)18(3,4)19(5,6)16-15(13-21-7)22-17(20)23-16/h8-12H,13H2,1-7H3/b10-8-,11-9-,14-12+. The van der Waals surface area contributed by atoms with E-state index in [4.69, 9.17) is 13.6 Å². The molecule has 0 amide bonds. The molecule has 0 atom stereocenters. The highest BCUT2D eigenvalue weighted by atomic mass is 16.6. The Morgan fingerprint density at radius 1 is 1.13 bits per heavy atom. The lowest BCUT2D eigenvalue weighted by atomic mass is 9.62. The molecule has 23 heavy (non-hydrogen) atoms. The first kappa shape index (κ1) is 19.2. The Morgan fingerprint density at radius 3 is 2.30 bits per heavy atom. The van der Waals surface area contributed by atoms with Crippen LogP contribution in [0.3, 0.4) is 0 Å². The molecule has 0 N–H and O–H groups in total. The van der Waals surface area contributed by atoms with Crippen LogP contribution in [0.15, 0.2) is 49.6 Å². The Bertz CT molecular complexity index is 651. The Labute approximate surface area is 138 Å². The summed E-state index contributed by atoms with van der Waals surface area (Å²) in [5.41, 5.74) is 0.358. The van der Waals surface area contributed by atoms with Crippen molar-refractivity contribution in [2.24, 2.45) is 5.41 Å². The zero-order valence-corrected chi connectivity index (χ0v) is 15.2. The van der Waals surface area contributed by atoms with E-state index in [2.05, 4.69) is 26.0 Å². The van der Waals surface area contributed by atoms with Gasteiger partial charge in [0.1, 0.15) is 6.61 Å². The van der Waals surface area contributed by atoms with Crippen molar-refractivity contribution in [1.82, 2.24) is 0 Å². The number of hydrogen-bond donors (Lipinski definition) is 0. The van der Waals surface area contributed by atoms with Crippen LogP contribution in [0.4, 0.5) is 0 Å². The predicted octanol–water partition coefficient (Wildman–Crippen LogP) is 4.76. The van der Waals surface area contributed by atoms with Crippen molar-refractivity contribution in [3.05, 3.63) is 58.1 Å². The molecule has 0 aliphatic carbocycles. The zero-order chi connectivity index (χ0) is 17.7. The lowest BCUT2D eigenvalue weighted by Crippen LogP contribution is -2.38. The van der Waals surface area contributed by atoms with Gasteiger partial charge in [0.05, 0.1) is 0 Å². The third kappa shape index (κ3) is 3.94. The van der Waals surface area contributed by atoms with E-state index in [1.165, 1.54) is 0 Å². The van der Waals surface area contributed by atoms with Gasteiger partial charge in [-0.1, -0.05) is 58.1 Å². The maximum absolute atomic E-state index is 11.6. The van der Waals surface area contributed by atoms with E-state index in [9.17, 15) is 4.79 Å². The molecule has 0 aromatic carbocycles. The highest BCUT2D eigenvalue weighted by Gasteiger charge is 2.45. The van der Waals surface area contributed by atoms with Crippen LogP contribution in [-0.2, 0) is 16.8 Å². The molecule has 128 valence electrons. The fourth-order valence-electron chi connectivity index (χ4n) is 2.51. The molecular formula is C19H28O4. The van der Waals surface area contributed by atoms with Crippen molar-refractivity contribution >= 4 is 0 Å². The first-order valence-electron chi connectivity index (χ1n) is 7.80. The minimum atomic E-state index is -0.694. The minimum Gasteiger partial charge on any atom is -0.395 e. The first-order valence-corrected chi connectivity index (χ1v) is 7.80. The van der Waals surface area contributed by atoms with Crippen molar-refractivity contribution in [3.63, 3.8) is 0 Å². The topological polar surface area (TPSA) is 52.6 Å². The Morgan fingerprint density at radius 2 is 1.78 bits per heavy atom. The van der Waals surface area contributed by atoms with Gasteiger partial charge in [-0.3, -0.25) is 0 Å². The molecular weight excluding hydrogens is 292 g/mol. The summed E-state index contributed by atoms with van der Waals surface area (Å²) in [6.45, 7) is 12.5. The van der Waals surface area contributed by atoms with E-state index in [-0.39, 0.29) is 12.0 Å². The Balaban J connectivity index is 3.46. The number of methoxy groups -OCH3 is 1. The van der Waals surface area contributed by atoms with Crippen molar-refractivity contribution in [3.8, 4) is 0 Å². The monoisotopic (exact) mass is 320 g/mol. The summed E-state index contributed by atoms with van der Waals surface area (Å²) in [5.74, 6) is 0.285. The lowest BCUT2D eigenvalue weighted by Gasteiger charge is -2.41. The number of ether oxygens (including phenoxy) is 1. The minimum absolute atomic E-state index is 0.206. The summed E-state index contributed by atoms with van der Waals surface area (Å²) >= 11 is 0. The van der Waals surface area contributed by atoms with Gasteiger partial charge in [0.2, 0.25) is 0 Å². The molecule has 0 radical (unpaired) electrons. The molecule has 4 nitrogen and oxygen atoms in total. The van der Waals surface area contributed by atoms with Gasteiger partial charge in [0.15, 0.2) is 11.5 Å². The largest absolute Gasteiger partial charge is 0.519 e. The predicted molar refractivity (Wildman–Crippen MR) is 92.5 cm³/mol. The first-order chi connectivity index (χ1) is 10.7. The van der Waals surface area contributed by atoms with Crippen molar-refractivity contribution in [1.29, 1.82) is 0 Å². The average Bonchev–Trinajstić information content (AvgIpc) is 2.85. The fourth-order valence-corrected chi connectivity index (χ4v) is 2.51. The van der Waals surface area contributed by atoms with Crippen molar-refractivity contribution in [2.45, 2.75) is 53.6 Å². The molecule has 0 aliphatic rings. The molecule has 0 bridgehead atoms. The third-order valence-electron chi connectivity index (χ3n) is 4.59. The van der Waals surface area contributed by atoms with E-state index in [1.807, 2.05) is 45.9 Å². The summed E-state index contributed by atoms with van der Waals surface area (Å²) in [6, 6.07) is 0. The van der Waals surface area contributed by atoms with E-state index < -0.39 is 11.2 Å².